The van der Waals surface area contributed by atoms with Crippen molar-refractivity contribution in [1.82, 2.24) is 10.2 Å². The first-order valence-electron chi connectivity index (χ1n) is 9.07. The minimum atomic E-state index is 0.0528. The molecule has 2 atom stereocenters. The van der Waals surface area contributed by atoms with Gasteiger partial charge in [-0.25, -0.2) is 0 Å². The minimum Gasteiger partial charge on any atom is -0.323 e. The molecule has 0 aromatic rings. The van der Waals surface area contributed by atoms with E-state index in [9.17, 15) is 4.79 Å². The highest BCUT2D eigenvalue weighted by Gasteiger charge is 2.42. The molecule has 2 fully saturated rings. The number of carbonyl (C=O) groups is 1. The highest BCUT2D eigenvalue weighted by molar-refractivity contribution is 5.84. The molecule has 0 bridgehead atoms. The molecule has 1 amide bonds. The Kier molecular flexibility index (Phi) is 6.09. The molecule has 1 saturated heterocycles. The van der Waals surface area contributed by atoms with Gasteiger partial charge in [0.1, 0.15) is 0 Å². The van der Waals surface area contributed by atoms with Crippen molar-refractivity contribution in [2.45, 2.75) is 97.3 Å². The SMILES string of the molecule is CC(C)CC1NC(CC(C)C)N(C2CCCCCC2)C1=O. The molecule has 1 heterocycles. The topological polar surface area (TPSA) is 32.3 Å². The molecule has 3 heteroatoms. The molecule has 1 aliphatic heterocycles. The van der Waals surface area contributed by atoms with Crippen LogP contribution in [0.15, 0.2) is 0 Å². The summed E-state index contributed by atoms with van der Waals surface area (Å²) in [6.07, 6.45) is 9.99. The highest BCUT2D eigenvalue weighted by Crippen LogP contribution is 2.29. The molecular weight excluding hydrogens is 260 g/mol. The fourth-order valence-electron chi connectivity index (χ4n) is 3.96. The van der Waals surface area contributed by atoms with E-state index in [0.717, 1.165) is 12.8 Å². The predicted molar refractivity (Wildman–Crippen MR) is 88.0 cm³/mol. The standard InChI is InChI=1S/C18H34N2O/c1-13(2)11-16-18(21)20(17(19-16)12-14(3)4)15-9-7-5-6-8-10-15/h13-17,19H,5-12H2,1-4H3. The average Bonchev–Trinajstić information content (AvgIpc) is 2.58. The van der Waals surface area contributed by atoms with Crippen LogP contribution in [0.4, 0.5) is 0 Å². The van der Waals surface area contributed by atoms with Gasteiger partial charge in [0.15, 0.2) is 0 Å². The van der Waals surface area contributed by atoms with Crippen LogP contribution in [-0.4, -0.2) is 29.1 Å². The Morgan fingerprint density at radius 1 is 1.00 bits per heavy atom. The van der Waals surface area contributed by atoms with Gasteiger partial charge < -0.3 is 4.90 Å². The summed E-state index contributed by atoms with van der Waals surface area (Å²) in [4.78, 5) is 15.2. The molecule has 3 nitrogen and oxygen atoms in total. The van der Waals surface area contributed by atoms with Crippen molar-refractivity contribution in [2.24, 2.45) is 11.8 Å². The summed E-state index contributed by atoms with van der Waals surface area (Å²) >= 11 is 0. The molecule has 0 radical (unpaired) electrons. The van der Waals surface area contributed by atoms with E-state index in [0.29, 0.717) is 23.8 Å². The molecular formula is C18H34N2O. The van der Waals surface area contributed by atoms with Gasteiger partial charge in [0.05, 0.1) is 12.2 Å². The molecule has 2 rings (SSSR count). The number of carbonyl (C=O) groups excluding carboxylic acids is 1. The molecule has 1 aliphatic carbocycles. The monoisotopic (exact) mass is 294 g/mol. The van der Waals surface area contributed by atoms with Gasteiger partial charge in [-0.2, -0.15) is 0 Å². The van der Waals surface area contributed by atoms with Crippen LogP contribution >= 0.6 is 0 Å². The van der Waals surface area contributed by atoms with Crippen LogP contribution < -0.4 is 5.32 Å². The normalized spacial score (nSPS) is 28.7. The highest BCUT2D eigenvalue weighted by atomic mass is 16.2. The lowest BCUT2D eigenvalue weighted by Gasteiger charge is -2.33. The van der Waals surface area contributed by atoms with Gasteiger partial charge in [-0.05, 0) is 37.5 Å². The Bertz CT molecular complexity index is 332. The van der Waals surface area contributed by atoms with Crippen molar-refractivity contribution in [3.63, 3.8) is 0 Å². The summed E-state index contributed by atoms with van der Waals surface area (Å²) in [6, 6.07) is 0.533. The number of hydrogen-bond acceptors (Lipinski definition) is 2. The fourth-order valence-corrected chi connectivity index (χ4v) is 3.96. The van der Waals surface area contributed by atoms with E-state index in [-0.39, 0.29) is 12.2 Å². The molecule has 1 N–H and O–H groups in total. The lowest BCUT2D eigenvalue weighted by Crippen LogP contribution is -2.45. The number of nitrogens with zero attached hydrogens (tertiary/aromatic N) is 1. The van der Waals surface area contributed by atoms with E-state index in [4.69, 9.17) is 0 Å². The second kappa shape index (κ2) is 7.62. The summed E-state index contributed by atoms with van der Waals surface area (Å²) in [7, 11) is 0. The van der Waals surface area contributed by atoms with Crippen LogP contribution in [0.2, 0.25) is 0 Å². The Balaban J connectivity index is 2.10. The van der Waals surface area contributed by atoms with Gasteiger partial charge in [-0.15, -0.1) is 0 Å². The maximum Gasteiger partial charge on any atom is 0.241 e. The van der Waals surface area contributed by atoms with Gasteiger partial charge in [0.2, 0.25) is 5.91 Å². The molecule has 122 valence electrons. The third-order valence-corrected chi connectivity index (χ3v) is 4.90. The maximum absolute atomic E-state index is 12.9. The zero-order valence-electron chi connectivity index (χ0n) is 14.4. The molecule has 0 aromatic carbocycles. The van der Waals surface area contributed by atoms with Crippen LogP contribution in [0.5, 0.6) is 0 Å². The molecule has 1 saturated carbocycles. The molecule has 0 aromatic heterocycles. The molecule has 21 heavy (non-hydrogen) atoms. The molecule has 2 unspecified atom stereocenters. The Hall–Kier alpha value is -0.570. The van der Waals surface area contributed by atoms with E-state index in [1.54, 1.807) is 0 Å². The Labute approximate surface area is 130 Å². The number of hydrogen-bond donors (Lipinski definition) is 1. The first-order chi connectivity index (χ1) is 9.99. The van der Waals surface area contributed by atoms with Crippen LogP contribution in [0.25, 0.3) is 0 Å². The van der Waals surface area contributed by atoms with E-state index in [1.165, 1.54) is 38.5 Å². The zero-order valence-corrected chi connectivity index (χ0v) is 14.4. The van der Waals surface area contributed by atoms with Crippen molar-refractivity contribution < 1.29 is 4.79 Å². The zero-order chi connectivity index (χ0) is 15.4. The van der Waals surface area contributed by atoms with Gasteiger partial charge in [0, 0.05) is 6.04 Å². The van der Waals surface area contributed by atoms with E-state index in [2.05, 4.69) is 37.9 Å². The number of amides is 1. The minimum absolute atomic E-state index is 0.0528. The van der Waals surface area contributed by atoms with Gasteiger partial charge >= 0.3 is 0 Å². The van der Waals surface area contributed by atoms with Crippen LogP contribution in [0.3, 0.4) is 0 Å². The Morgan fingerprint density at radius 3 is 2.10 bits per heavy atom. The van der Waals surface area contributed by atoms with Gasteiger partial charge in [-0.1, -0.05) is 53.4 Å². The lowest BCUT2D eigenvalue weighted by molar-refractivity contribution is -0.133. The van der Waals surface area contributed by atoms with Crippen molar-refractivity contribution in [3.8, 4) is 0 Å². The van der Waals surface area contributed by atoms with Crippen molar-refractivity contribution >= 4 is 5.91 Å². The van der Waals surface area contributed by atoms with Crippen molar-refractivity contribution in [1.29, 1.82) is 0 Å². The third kappa shape index (κ3) is 4.45. The second-order valence-corrected chi connectivity index (χ2v) is 7.89. The largest absolute Gasteiger partial charge is 0.323 e. The van der Waals surface area contributed by atoms with Crippen molar-refractivity contribution in [3.05, 3.63) is 0 Å². The molecule has 0 spiro atoms. The maximum atomic E-state index is 12.9. The summed E-state index contributed by atoms with van der Waals surface area (Å²) in [5.41, 5.74) is 0. The van der Waals surface area contributed by atoms with Crippen LogP contribution in [0.1, 0.15) is 79.1 Å². The Morgan fingerprint density at radius 2 is 1.57 bits per heavy atom. The summed E-state index contributed by atoms with van der Waals surface area (Å²) in [5, 5.41) is 3.65. The molecule has 2 aliphatic rings. The van der Waals surface area contributed by atoms with Crippen LogP contribution in [0, 0.1) is 11.8 Å². The van der Waals surface area contributed by atoms with Crippen LogP contribution in [-0.2, 0) is 4.79 Å². The number of nitrogens with one attached hydrogen (secondary N) is 1. The third-order valence-electron chi connectivity index (χ3n) is 4.90. The average molecular weight is 294 g/mol. The van der Waals surface area contributed by atoms with Crippen molar-refractivity contribution in [2.75, 3.05) is 0 Å². The fraction of sp³-hybridized carbons (Fsp3) is 0.944. The summed E-state index contributed by atoms with van der Waals surface area (Å²) < 4.78 is 0. The quantitative estimate of drug-likeness (QED) is 0.779. The predicted octanol–water partition coefficient (Wildman–Crippen LogP) is 3.93. The van der Waals surface area contributed by atoms with Gasteiger partial charge in [-0.3, -0.25) is 10.1 Å². The van der Waals surface area contributed by atoms with Gasteiger partial charge in [0.25, 0.3) is 0 Å². The smallest absolute Gasteiger partial charge is 0.241 e. The van der Waals surface area contributed by atoms with E-state index < -0.39 is 0 Å². The summed E-state index contributed by atoms with van der Waals surface area (Å²) in [6.45, 7) is 8.93. The van der Waals surface area contributed by atoms with E-state index in [1.807, 2.05) is 0 Å². The first-order valence-corrected chi connectivity index (χ1v) is 9.07. The lowest BCUT2D eigenvalue weighted by atomic mass is 10.0. The second-order valence-electron chi connectivity index (χ2n) is 7.89. The summed E-state index contributed by atoms with van der Waals surface area (Å²) in [5.74, 6) is 1.57. The number of rotatable bonds is 5. The first kappa shape index (κ1) is 16.8. The van der Waals surface area contributed by atoms with E-state index >= 15 is 0 Å².